The van der Waals surface area contributed by atoms with E-state index in [9.17, 15) is 9.59 Å². The van der Waals surface area contributed by atoms with E-state index in [1.165, 1.54) is 0 Å². The normalized spacial score (nSPS) is 21.4. The highest BCUT2D eigenvalue weighted by molar-refractivity contribution is 8.03. The first-order chi connectivity index (χ1) is 7.06. The lowest BCUT2D eigenvalue weighted by Gasteiger charge is -2.22. The minimum atomic E-state index is -0.184. The zero-order chi connectivity index (χ0) is 11.4. The standard InChI is InChI=1S/C11H16O3S/c1-4-14-11(13)9-5-10(7(2)12)8(3)15-6-9/h9H,4-6H2,1-3H3/t9-/m0/s1. The molecule has 0 radical (unpaired) electrons. The molecule has 0 fully saturated rings. The van der Waals surface area contributed by atoms with Gasteiger partial charge >= 0.3 is 5.97 Å². The second kappa shape index (κ2) is 5.35. The largest absolute Gasteiger partial charge is 0.466 e. The minimum absolute atomic E-state index is 0.0639. The highest BCUT2D eigenvalue weighted by Gasteiger charge is 2.28. The molecule has 15 heavy (non-hydrogen) atoms. The Bertz CT molecular complexity index is 307. The summed E-state index contributed by atoms with van der Waals surface area (Å²) in [5.41, 5.74) is 0.782. The third-order valence-corrected chi connectivity index (χ3v) is 3.67. The molecule has 0 aliphatic carbocycles. The second-order valence-corrected chi connectivity index (χ2v) is 4.79. The van der Waals surface area contributed by atoms with Crippen molar-refractivity contribution in [1.29, 1.82) is 0 Å². The molecule has 0 amide bonds. The number of allylic oxidation sites excluding steroid dienone is 2. The van der Waals surface area contributed by atoms with Crippen LogP contribution >= 0.6 is 11.8 Å². The van der Waals surface area contributed by atoms with Gasteiger partial charge in [-0.3, -0.25) is 9.59 Å². The molecule has 4 heteroatoms. The maximum atomic E-state index is 11.5. The van der Waals surface area contributed by atoms with E-state index in [2.05, 4.69) is 0 Å². The lowest BCUT2D eigenvalue weighted by atomic mass is 9.98. The number of rotatable bonds is 3. The number of ketones is 1. The average Bonchev–Trinajstić information content (AvgIpc) is 2.18. The van der Waals surface area contributed by atoms with Gasteiger partial charge in [0.25, 0.3) is 0 Å². The van der Waals surface area contributed by atoms with E-state index in [-0.39, 0.29) is 17.7 Å². The molecule has 0 saturated carbocycles. The molecular weight excluding hydrogens is 212 g/mol. The monoisotopic (exact) mass is 228 g/mol. The molecule has 1 atom stereocenters. The summed E-state index contributed by atoms with van der Waals surface area (Å²) in [5.74, 6) is 0.448. The summed E-state index contributed by atoms with van der Waals surface area (Å²) in [7, 11) is 0. The summed E-state index contributed by atoms with van der Waals surface area (Å²) in [6.45, 7) is 5.68. The van der Waals surface area contributed by atoms with Gasteiger partial charge in [0, 0.05) is 11.3 Å². The van der Waals surface area contributed by atoms with Crippen LogP contribution in [0.25, 0.3) is 0 Å². The third kappa shape index (κ3) is 3.09. The van der Waals surface area contributed by atoms with E-state index >= 15 is 0 Å². The molecule has 0 aromatic heterocycles. The molecule has 1 rings (SSSR count). The average molecular weight is 228 g/mol. The fraction of sp³-hybridized carbons (Fsp3) is 0.636. The van der Waals surface area contributed by atoms with Crippen LogP contribution < -0.4 is 0 Å². The summed E-state index contributed by atoms with van der Waals surface area (Å²) >= 11 is 1.57. The van der Waals surface area contributed by atoms with Gasteiger partial charge in [-0.2, -0.15) is 0 Å². The summed E-state index contributed by atoms with van der Waals surface area (Å²) in [5, 5.41) is 0. The van der Waals surface area contributed by atoms with Gasteiger partial charge in [-0.1, -0.05) is 0 Å². The number of carbonyl (C=O) groups is 2. The number of carbonyl (C=O) groups excluding carboxylic acids is 2. The van der Waals surface area contributed by atoms with Crippen molar-refractivity contribution in [1.82, 2.24) is 0 Å². The van der Waals surface area contributed by atoms with Crippen molar-refractivity contribution in [2.75, 3.05) is 12.4 Å². The Balaban J connectivity index is 2.70. The van der Waals surface area contributed by atoms with E-state index in [1.807, 2.05) is 6.92 Å². The zero-order valence-electron chi connectivity index (χ0n) is 9.33. The molecule has 0 unspecified atom stereocenters. The Morgan fingerprint density at radius 2 is 2.20 bits per heavy atom. The smallest absolute Gasteiger partial charge is 0.310 e. The number of ether oxygens (including phenoxy) is 1. The number of hydrogen-bond donors (Lipinski definition) is 0. The quantitative estimate of drug-likeness (QED) is 0.694. The van der Waals surface area contributed by atoms with E-state index in [1.54, 1.807) is 25.6 Å². The van der Waals surface area contributed by atoms with Crippen molar-refractivity contribution < 1.29 is 14.3 Å². The first-order valence-corrected chi connectivity index (χ1v) is 6.05. The molecule has 0 bridgehead atoms. The highest BCUT2D eigenvalue weighted by Crippen LogP contribution is 2.33. The first kappa shape index (κ1) is 12.3. The lowest BCUT2D eigenvalue weighted by Crippen LogP contribution is -2.24. The molecule has 0 N–H and O–H groups in total. The van der Waals surface area contributed by atoms with Crippen LogP contribution in [0.3, 0.4) is 0 Å². The van der Waals surface area contributed by atoms with Crippen LogP contribution in [0.5, 0.6) is 0 Å². The molecule has 84 valence electrons. The fourth-order valence-electron chi connectivity index (χ4n) is 1.56. The summed E-state index contributed by atoms with van der Waals surface area (Å²) in [6, 6.07) is 0. The van der Waals surface area contributed by atoms with Crippen LogP contribution in [0.15, 0.2) is 10.5 Å². The van der Waals surface area contributed by atoms with Gasteiger partial charge in [-0.05, 0) is 32.1 Å². The Morgan fingerprint density at radius 1 is 1.53 bits per heavy atom. The van der Waals surface area contributed by atoms with E-state index in [4.69, 9.17) is 4.74 Å². The van der Waals surface area contributed by atoms with Crippen LogP contribution in [-0.2, 0) is 14.3 Å². The predicted molar refractivity (Wildman–Crippen MR) is 60.6 cm³/mol. The van der Waals surface area contributed by atoms with Crippen LogP contribution in [0.1, 0.15) is 27.2 Å². The van der Waals surface area contributed by atoms with Crippen LogP contribution in [-0.4, -0.2) is 24.1 Å². The lowest BCUT2D eigenvalue weighted by molar-refractivity contribution is -0.147. The van der Waals surface area contributed by atoms with Gasteiger partial charge in [-0.15, -0.1) is 11.8 Å². The predicted octanol–water partition coefficient (Wildman–Crippen LogP) is 2.17. The zero-order valence-corrected chi connectivity index (χ0v) is 10.1. The third-order valence-electron chi connectivity index (χ3n) is 2.42. The highest BCUT2D eigenvalue weighted by atomic mass is 32.2. The van der Waals surface area contributed by atoms with E-state index in [0.29, 0.717) is 13.0 Å². The molecule has 1 heterocycles. The van der Waals surface area contributed by atoms with Crippen molar-refractivity contribution in [3.63, 3.8) is 0 Å². The van der Waals surface area contributed by atoms with Gasteiger partial charge in [-0.25, -0.2) is 0 Å². The van der Waals surface area contributed by atoms with Crippen LogP contribution in [0.2, 0.25) is 0 Å². The molecule has 0 saturated heterocycles. The van der Waals surface area contributed by atoms with Gasteiger partial charge in [0.2, 0.25) is 0 Å². The van der Waals surface area contributed by atoms with Gasteiger partial charge in [0.1, 0.15) is 0 Å². The van der Waals surface area contributed by atoms with Gasteiger partial charge in [0.05, 0.1) is 12.5 Å². The fourth-order valence-corrected chi connectivity index (χ4v) is 2.67. The summed E-state index contributed by atoms with van der Waals surface area (Å²) in [6.07, 6.45) is 0.535. The summed E-state index contributed by atoms with van der Waals surface area (Å²) in [4.78, 5) is 23.9. The van der Waals surface area contributed by atoms with Gasteiger partial charge < -0.3 is 4.74 Å². The SMILES string of the molecule is CCOC(=O)[C@@H]1CSC(C)=C(C(C)=O)C1. The molecule has 0 aromatic carbocycles. The Labute approximate surface area is 94.3 Å². The van der Waals surface area contributed by atoms with Crippen molar-refractivity contribution in [3.05, 3.63) is 10.5 Å². The first-order valence-electron chi connectivity index (χ1n) is 5.06. The Kier molecular flexibility index (Phi) is 4.39. The van der Waals surface area contributed by atoms with Crippen molar-refractivity contribution in [2.45, 2.75) is 27.2 Å². The maximum absolute atomic E-state index is 11.5. The van der Waals surface area contributed by atoms with E-state index < -0.39 is 0 Å². The molecule has 1 aliphatic rings. The number of thioether (sulfide) groups is 1. The summed E-state index contributed by atoms with van der Waals surface area (Å²) < 4.78 is 4.96. The molecule has 0 spiro atoms. The Hall–Kier alpha value is -0.770. The maximum Gasteiger partial charge on any atom is 0.310 e. The molecule has 1 aliphatic heterocycles. The number of esters is 1. The molecule has 3 nitrogen and oxygen atoms in total. The van der Waals surface area contributed by atoms with E-state index in [0.717, 1.165) is 16.2 Å². The van der Waals surface area contributed by atoms with Crippen molar-refractivity contribution in [2.24, 2.45) is 5.92 Å². The molecule has 0 aromatic rings. The van der Waals surface area contributed by atoms with Crippen LogP contribution in [0, 0.1) is 5.92 Å². The number of hydrogen-bond acceptors (Lipinski definition) is 4. The second-order valence-electron chi connectivity index (χ2n) is 3.56. The van der Waals surface area contributed by atoms with Crippen molar-refractivity contribution >= 4 is 23.5 Å². The van der Waals surface area contributed by atoms with Crippen LogP contribution in [0.4, 0.5) is 0 Å². The molecular formula is C11H16O3S. The minimum Gasteiger partial charge on any atom is -0.466 e. The Morgan fingerprint density at radius 3 is 2.73 bits per heavy atom. The van der Waals surface area contributed by atoms with Gasteiger partial charge in [0.15, 0.2) is 5.78 Å². The van der Waals surface area contributed by atoms with Crippen molar-refractivity contribution in [3.8, 4) is 0 Å². The topological polar surface area (TPSA) is 43.4 Å². The number of Topliss-reactive ketones (excluding diaryl/α,β-unsaturated/α-hetero) is 1.